The first kappa shape index (κ1) is 16.2. The van der Waals surface area contributed by atoms with E-state index in [4.69, 9.17) is 26.6 Å². The number of aliphatic hydroxyl groups excluding tert-OH is 2. The van der Waals surface area contributed by atoms with Crippen LogP contribution in [0.1, 0.15) is 6.92 Å². The molecule has 0 bridgehead atoms. The lowest BCUT2D eigenvalue weighted by molar-refractivity contribution is -0.128. The van der Waals surface area contributed by atoms with Gasteiger partial charge in [0.05, 0.1) is 23.7 Å². The van der Waals surface area contributed by atoms with Gasteiger partial charge in [-0.05, 0) is 41.1 Å². The minimum Gasteiger partial charge on any atom is -0.480 e. The number of carbonyl (C=O) groups excluding carboxylic acids is 1. The Morgan fingerprint density at radius 3 is 2.63 bits per heavy atom. The molecule has 0 aliphatic rings. The Bertz CT molecular complexity index is 440. The largest absolute Gasteiger partial charge is 0.480 e. The summed E-state index contributed by atoms with van der Waals surface area (Å²) >= 11 is 9.08. The number of hydrogen-bond acceptors (Lipinski definition) is 4. The fourth-order valence-electron chi connectivity index (χ4n) is 1.28. The van der Waals surface area contributed by atoms with Crippen LogP contribution in [-0.2, 0) is 4.79 Å². The molecule has 3 N–H and O–H groups in total. The average molecular weight is 353 g/mol. The summed E-state index contributed by atoms with van der Waals surface area (Å²) in [7, 11) is 0. The van der Waals surface area contributed by atoms with E-state index in [9.17, 15) is 4.79 Å². The van der Waals surface area contributed by atoms with Gasteiger partial charge in [0, 0.05) is 5.02 Å². The predicted molar refractivity (Wildman–Crippen MR) is 75.3 cm³/mol. The quantitative estimate of drug-likeness (QED) is 0.722. The van der Waals surface area contributed by atoms with Gasteiger partial charge in [-0.25, -0.2) is 0 Å². The molecular formula is C12H15BrClNO4. The molecular weight excluding hydrogens is 337 g/mol. The first-order chi connectivity index (χ1) is 8.97. The van der Waals surface area contributed by atoms with Crippen LogP contribution in [-0.4, -0.2) is 41.5 Å². The molecule has 1 aromatic carbocycles. The van der Waals surface area contributed by atoms with Crippen molar-refractivity contribution >= 4 is 33.4 Å². The second-order valence-electron chi connectivity index (χ2n) is 3.91. The maximum atomic E-state index is 11.8. The summed E-state index contributed by atoms with van der Waals surface area (Å²) in [5, 5.41) is 20.8. The van der Waals surface area contributed by atoms with Crippen LogP contribution in [0.25, 0.3) is 0 Å². The van der Waals surface area contributed by atoms with E-state index in [1.807, 2.05) is 0 Å². The van der Waals surface area contributed by atoms with Crippen LogP contribution >= 0.6 is 27.5 Å². The molecule has 1 aromatic rings. The van der Waals surface area contributed by atoms with Crippen molar-refractivity contribution in [2.45, 2.75) is 19.1 Å². The van der Waals surface area contributed by atoms with E-state index in [1.54, 1.807) is 25.1 Å². The Kier molecular flexibility index (Phi) is 6.57. The molecule has 1 atom stereocenters. The second-order valence-corrected chi connectivity index (χ2v) is 5.20. The Morgan fingerprint density at radius 1 is 1.47 bits per heavy atom. The van der Waals surface area contributed by atoms with Gasteiger partial charge in [-0.15, -0.1) is 0 Å². The molecule has 0 fully saturated rings. The highest BCUT2D eigenvalue weighted by molar-refractivity contribution is 9.10. The van der Waals surface area contributed by atoms with E-state index in [2.05, 4.69) is 21.2 Å². The molecule has 0 heterocycles. The molecule has 0 saturated heterocycles. The third-order valence-corrected chi connectivity index (χ3v) is 3.21. The predicted octanol–water partition coefficient (Wildman–Crippen LogP) is 1.34. The lowest BCUT2D eigenvalue weighted by Crippen LogP contribution is -2.45. The van der Waals surface area contributed by atoms with E-state index in [0.717, 1.165) is 0 Å². The molecule has 7 heteroatoms. The van der Waals surface area contributed by atoms with Crippen molar-refractivity contribution < 1.29 is 19.7 Å². The number of carbonyl (C=O) groups is 1. The number of amides is 1. The van der Waals surface area contributed by atoms with Crippen molar-refractivity contribution in [3.05, 3.63) is 27.7 Å². The third-order valence-electron chi connectivity index (χ3n) is 2.35. The van der Waals surface area contributed by atoms with Gasteiger partial charge in [-0.2, -0.15) is 0 Å². The Balaban J connectivity index is 2.63. The van der Waals surface area contributed by atoms with Gasteiger partial charge >= 0.3 is 0 Å². The van der Waals surface area contributed by atoms with Crippen LogP contribution in [0, 0.1) is 0 Å². The van der Waals surface area contributed by atoms with Crippen LogP contribution in [0.4, 0.5) is 0 Å². The molecule has 0 aliphatic heterocycles. The van der Waals surface area contributed by atoms with Gasteiger partial charge in [0.25, 0.3) is 5.91 Å². The minimum absolute atomic E-state index is 0.334. The van der Waals surface area contributed by atoms with Crippen LogP contribution < -0.4 is 10.1 Å². The van der Waals surface area contributed by atoms with E-state index in [1.165, 1.54) is 0 Å². The van der Waals surface area contributed by atoms with Gasteiger partial charge in [0.15, 0.2) is 6.10 Å². The standard InChI is InChI=1S/C12H15BrClNO4/c1-7(12(18)15-9(5-16)6-17)19-11-3-2-8(14)4-10(11)13/h2-4,7,9,16-17H,5-6H2,1H3,(H,15,18). The smallest absolute Gasteiger partial charge is 0.261 e. The molecule has 5 nitrogen and oxygen atoms in total. The summed E-state index contributed by atoms with van der Waals surface area (Å²) in [6.45, 7) is 0.904. The van der Waals surface area contributed by atoms with Crippen molar-refractivity contribution in [1.82, 2.24) is 5.32 Å². The molecule has 1 amide bonds. The number of nitrogens with one attached hydrogen (secondary N) is 1. The van der Waals surface area contributed by atoms with Crippen LogP contribution in [0.2, 0.25) is 5.02 Å². The molecule has 1 rings (SSSR count). The fraction of sp³-hybridized carbons (Fsp3) is 0.417. The SMILES string of the molecule is CC(Oc1ccc(Cl)cc1Br)C(=O)NC(CO)CO. The highest BCUT2D eigenvalue weighted by Crippen LogP contribution is 2.28. The zero-order valence-corrected chi connectivity index (χ0v) is 12.6. The van der Waals surface area contributed by atoms with Gasteiger partial charge in [0.2, 0.25) is 0 Å². The number of halogens is 2. The Labute approximate surface area is 124 Å². The molecule has 0 aromatic heterocycles. The van der Waals surface area contributed by atoms with Gasteiger partial charge in [-0.1, -0.05) is 11.6 Å². The number of benzene rings is 1. The molecule has 19 heavy (non-hydrogen) atoms. The zero-order valence-electron chi connectivity index (χ0n) is 10.3. The van der Waals surface area contributed by atoms with E-state index < -0.39 is 18.1 Å². The molecule has 0 spiro atoms. The minimum atomic E-state index is -0.766. The number of rotatable bonds is 6. The summed E-state index contributed by atoms with van der Waals surface area (Å²) in [6.07, 6.45) is -0.766. The van der Waals surface area contributed by atoms with E-state index in [-0.39, 0.29) is 13.2 Å². The van der Waals surface area contributed by atoms with Crippen molar-refractivity contribution in [2.75, 3.05) is 13.2 Å². The summed E-state index contributed by atoms with van der Waals surface area (Å²) < 4.78 is 6.11. The van der Waals surface area contributed by atoms with Crippen molar-refractivity contribution in [1.29, 1.82) is 0 Å². The fourth-order valence-corrected chi connectivity index (χ4v) is 2.06. The Hall–Kier alpha value is -0.820. The van der Waals surface area contributed by atoms with Crippen LogP contribution in [0.5, 0.6) is 5.75 Å². The lowest BCUT2D eigenvalue weighted by atomic mass is 10.3. The number of ether oxygens (including phenoxy) is 1. The topological polar surface area (TPSA) is 78.8 Å². The number of hydrogen-bond donors (Lipinski definition) is 3. The maximum Gasteiger partial charge on any atom is 0.261 e. The van der Waals surface area contributed by atoms with Crippen molar-refractivity contribution in [3.63, 3.8) is 0 Å². The summed E-state index contributed by atoms with van der Waals surface area (Å²) in [6, 6.07) is 4.26. The molecule has 0 aliphatic carbocycles. The van der Waals surface area contributed by atoms with Gasteiger partial charge in [-0.3, -0.25) is 4.79 Å². The second kappa shape index (κ2) is 7.69. The number of aliphatic hydroxyl groups is 2. The average Bonchev–Trinajstić information content (AvgIpc) is 2.38. The first-order valence-corrected chi connectivity index (χ1v) is 6.78. The third kappa shape index (κ3) is 4.99. The molecule has 1 unspecified atom stereocenters. The summed E-state index contributed by atoms with van der Waals surface area (Å²) in [5.41, 5.74) is 0. The highest BCUT2D eigenvalue weighted by Gasteiger charge is 2.19. The summed E-state index contributed by atoms with van der Waals surface area (Å²) in [4.78, 5) is 11.8. The zero-order chi connectivity index (χ0) is 14.4. The van der Waals surface area contributed by atoms with Crippen molar-refractivity contribution in [2.24, 2.45) is 0 Å². The van der Waals surface area contributed by atoms with E-state index in [0.29, 0.717) is 15.2 Å². The van der Waals surface area contributed by atoms with Gasteiger partial charge in [0.1, 0.15) is 5.75 Å². The van der Waals surface area contributed by atoms with Crippen molar-refractivity contribution in [3.8, 4) is 5.75 Å². The molecule has 0 radical (unpaired) electrons. The summed E-state index contributed by atoms with van der Waals surface area (Å²) in [5.74, 6) is 0.0616. The monoisotopic (exact) mass is 351 g/mol. The normalized spacial score (nSPS) is 12.3. The highest BCUT2D eigenvalue weighted by atomic mass is 79.9. The Morgan fingerprint density at radius 2 is 2.11 bits per heavy atom. The first-order valence-electron chi connectivity index (χ1n) is 5.61. The van der Waals surface area contributed by atoms with Crippen LogP contribution in [0.3, 0.4) is 0 Å². The maximum absolute atomic E-state index is 11.8. The molecule has 106 valence electrons. The van der Waals surface area contributed by atoms with E-state index >= 15 is 0 Å². The van der Waals surface area contributed by atoms with Crippen LogP contribution in [0.15, 0.2) is 22.7 Å². The molecule has 0 saturated carbocycles. The lowest BCUT2D eigenvalue weighted by Gasteiger charge is -2.19. The van der Waals surface area contributed by atoms with Gasteiger partial charge < -0.3 is 20.3 Å².